The maximum atomic E-state index is 6.98. The van der Waals surface area contributed by atoms with Crippen LogP contribution in [-0.4, -0.2) is 26.5 Å². The van der Waals surface area contributed by atoms with Crippen LogP contribution in [0, 0.1) is 5.41 Å². The number of nitrogens with zero attached hydrogens (tertiary/aromatic N) is 3. The van der Waals surface area contributed by atoms with Gasteiger partial charge in [0, 0.05) is 12.8 Å². The van der Waals surface area contributed by atoms with Gasteiger partial charge in [0.05, 0.1) is 5.84 Å². The normalized spacial score (nSPS) is 10.0. The maximum absolute atomic E-state index is 6.98. The molecule has 0 amide bonds. The molecule has 6 nitrogen and oxygen atoms in total. The minimum Gasteiger partial charge on any atom is -0.388 e. The summed E-state index contributed by atoms with van der Waals surface area (Å²) in [5, 5.41) is 20.4. The number of H-pyrrole nitrogens is 1. The lowest BCUT2D eigenvalue weighted by Crippen LogP contribution is -2.08. The van der Waals surface area contributed by atoms with Gasteiger partial charge in [0.25, 0.3) is 0 Å². The number of rotatable bonds is 5. The molecule has 1 aromatic heterocycles. The number of hydrogen-bond donors (Lipinski definition) is 3. The number of aryl methyl sites for hydroxylation is 1. The van der Waals surface area contributed by atoms with Gasteiger partial charge in [-0.2, -0.15) is 5.21 Å². The van der Waals surface area contributed by atoms with E-state index < -0.39 is 0 Å². The third-order valence-electron chi connectivity index (χ3n) is 1.49. The molecule has 12 heavy (non-hydrogen) atoms. The summed E-state index contributed by atoms with van der Waals surface area (Å²) in [6.45, 7) is 0. The first-order chi connectivity index (χ1) is 5.79. The molecular formula is C6H12N6. The number of aromatic nitrogens is 4. The van der Waals surface area contributed by atoms with Crippen molar-refractivity contribution in [1.82, 2.24) is 20.6 Å². The lowest BCUT2D eigenvalue weighted by atomic mass is 10.2. The van der Waals surface area contributed by atoms with Gasteiger partial charge in [0.2, 0.25) is 0 Å². The van der Waals surface area contributed by atoms with Crippen LogP contribution in [0.4, 0.5) is 0 Å². The van der Waals surface area contributed by atoms with Crippen LogP contribution in [0.3, 0.4) is 0 Å². The maximum Gasteiger partial charge on any atom is 0.174 e. The van der Waals surface area contributed by atoms with E-state index >= 15 is 0 Å². The Labute approximate surface area is 70.1 Å². The molecule has 0 atom stereocenters. The van der Waals surface area contributed by atoms with Crippen molar-refractivity contribution in [3.8, 4) is 0 Å². The van der Waals surface area contributed by atoms with Crippen molar-refractivity contribution in [3.05, 3.63) is 5.82 Å². The van der Waals surface area contributed by atoms with E-state index in [1.165, 1.54) is 0 Å². The highest BCUT2D eigenvalue weighted by molar-refractivity contribution is 5.76. The molecular weight excluding hydrogens is 156 g/mol. The largest absolute Gasteiger partial charge is 0.388 e. The summed E-state index contributed by atoms with van der Waals surface area (Å²) in [4.78, 5) is 0. The number of tetrazole rings is 1. The van der Waals surface area contributed by atoms with Gasteiger partial charge in [-0.15, -0.1) is 10.2 Å². The number of nitrogens with two attached hydrogens (primary N) is 1. The van der Waals surface area contributed by atoms with E-state index in [0.29, 0.717) is 6.42 Å². The van der Waals surface area contributed by atoms with E-state index in [2.05, 4.69) is 20.6 Å². The molecule has 1 aromatic rings. The second-order valence-corrected chi connectivity index (χ2v) is 2.56. The van der Waals surface area contributed by atoms with Crippen LogP contribution in [0.5, 0.6) is 0 Å². The Kier molecular flexibility index (Phi) is 3.18. The van der Waals surface area contributed by atoms with E-state index in [1.54, 1.807) is 0 Å². The summed E-state index contributed by atoms with van der Waals surface area (Å²) in [5.41, 5.74) is 5.19. The Morgan fingerprint density at radius 2 is 2.33 bits per heavy atom. The standard InChI is InChI=1S/C6H12N6/c7-5(8)3-1-2-4-6-9-11-12-10-6/h1-4H2,(H3,7,8)(H,9,10,11,12). The Hall–Kier alpha value is -1.46. The third kappa shape index (κ3) is 3.09. The Balaban J connectivity index is 2.07. The molecule has 0 spiro atoms. The van der Waals surface area contributed by atoms with Crippen LogP contribution >= 0.6 is 0 Å². The van der Waals surface area contributed by atoms with Gasteiger partial charge in [-0.3, -0.25) is 5.41 Å². The molecule has 0 aliphatic carbocycles. The second kappa shape index (κ2) is 4.42. The zero-order valence-corrected chi connectivity index (χ0v) is 6.75. The summed E-state index contributed by atoms with van der Waals surface area (Å²) in [6, 6.07) is 0. The minimum atomic E-state index is 0.239. The van der Waals surface area contributed by atoms with E-state index in [4.69, 9.17) is 11.1 Å². The summed E-state index contributed by atoms with van der Waals surface area (Å²) < 4.78 is 0. The molecule has 0 saturated heterocycles. The molecule has 66 valence electrons. The first-order valence-corrected chi connectivity index (χ1v) is 3.84. The van der Waals surface area contributed by atoms with Gasteiger partial charge in [-0.05, 0) is 12.8 Å². The van der Waals surface area contributed by atoms with Crippen LogP contribution in [0.2, 0.25) is 0 Å². The van der Waals surface area contributed by atoms with Gasteiger partial charge in [0.1, 0.15) is 0 Å². The highest BCUT2D eigenvalue weighted by Gasteiger charge is 1.97. The van der Waals surface area contributed by atoms with Crippen LogP contribution in [0.25, 0.3) is 0 Å². The summed E-state index contributed by atoms with van der Waals surface area (Å²) in [7, 11) is 0. The van der Waals surface area contributed by atoms with E-state index in [-0.39, 0.29) is 5.84 Å². The SMILES string of the molecule is N=C(N)CCCCc1nn[nH]n1. The van der Waals surface area contributed by atoms with Crippen LogP contribution in [-0.2, 0) is 6.42 Å². The quantitative estimate of drug-likeness (QED) is 0.323. The number of unbranched alkanes of at least 4 members (excludes halogenated alkanes) is 1. The van der Waals surface area contributed by atoms with Gasteiger partial charge in [-0.1, -0.05) is 5.21 Å². The van der Waals surface area contributed by atoms with Crippen LogP contribution in [0.15, 0.2) is 0 Å². The Bertz CT molecular complexity index is 228. The number of amidine groups is 1. The fraction of sp³-hybridized carbons (Fsp3) is 0.667. The average Bonchev–Trinajstić information content (AvgIpc) is 2.49. The topological polar surface area (TPSA) is 104 Å². The first-order valence-electron chi connectivity index (χ1n) is 3.84. The van der Waals surface area contributed by atoms with E-state index in [1.807, 2.05) is 0 Å². The van der Waals surface area contributed by atoms with Gasteiger partial charge in [-0.25, -0.2) is 0 Å². The molecule has 0 bridgehead atoms. The molecule has 0 fully saturated rings. The lowest BCUT2D eigenvalue weighted by Gasteiger charge is -1.95. The highest BCUT2D eigenvalue weighted by atomic mass is 15.5. The third-order valence-corrected chi connectivity index (χ3v) is 1.49. The molecule has 0 aromatic carbocycles. The zero-order valence-electron chi connectivity index (χ0n) is 6.75. The van der Waals surface area contributed by atoms with Crippen molar-refractivity contribution in [2.24, 2.45) is 5.73 Å². The zero-order chi connectivity index (χ0) is 8.81. The molecule has 0 saturated carbocycles. The Morgan fingerprint density at radius 3 is 2.92 bits per heavy atom. The van der Waals surface area contributed by atoms with Crippen molar-refractivity contribution < 1.29 is 0 Å². The van der Waals surface area contributed by atoms with E-state index in [0.717, 1.165) is 25.1 Å². The molecule has 4 N–H and O–H groups in total. The lowest BCUT2D eigenvalue weighted by molar-refractivity contribution is 0.726. The number of hydrogen-bond acceptors (Lipinski definition) is 4. The fourth-order valence-corrected chi connectivity index (χ4v) is 0.887. The Morgan fingerprint density at radius 1 is 1.50 bits per heavy atom. The van der Waals surface area contributed by atoms with Crippen molar-refractivity contribution in [2.45, 2.75) is 25.7 Å². The molecule has 0 aliphatic heterocycles. The summed E-state index contributed by atoms with van der Waals surface area (Å²) in [6.07, 6.45) is 3.30. The van der Waals surface area contributed by atoms with Gasteiger partial charge < -0.3 is 5.73 Å². The van der Waals surface area contributed by atoms with E-state index in [9.17, 15) is 0 Å². The van der Waals surface area contributed by atoms with Crippen LogP contribution < -0.4 is 5.73 Å². The second-order valence-electron chi connectivity index (χ2n) is 2.56. The molecule has 1 rings (SSSR count). The molecule has 1 heterocycles. The minimum absolute atomic E-state index is 0.239. The molecule has 6 heteroatoms. The fourth-order valence-electron chi connectivity index (χ4n) is 0.887. The van der Waals surface area contributed by atoms with Crippen molar-refractivity contribution >= 4 is 5.84 Å². The molecule has 0 unspecified atom stereocenters. The summed E-state index contributed by atoms with van der Waals surface area (Å²) >= 11 is 0. The number of nitrogens with one attached hydrogen (secondary N) is 2. The van der Waals surface area contributed by atoms with Crippen LogP contribution in [0.1, 0.15) is 25.1 Å². The first kappa shape index (κ1) is 8.63. The van der Waals surface area contributed by atoms with Crippen molar-refractivity contribution in [1.29, 1.82) is 5.41 Å². The number of aromatic amines is 1. The van der Waals surface area contributed by atoms with Crippen molar-refractivity contribution in [3.63, 3.8) is 0 Å². The predicted octanol–water partition coefficient (Wildman–Crippen LogP) is -0.152. The summed E-state index contributed by atoms with van der Waals surface area (Å²) in [5.74, 6) is 0.960. The smallest absolute Gasteiger partial charge is 0.174 e. The van der Waals surface area contributed by atoms with Gasteiger partial charge in [0.15, 0.2) is 5.82 Å². The highest BCUT2D eigenvalue weighted by Crippen LogP contribution is 1.99. The molecule has 0 radical (unpaired) electrons. The van der Waals surface area contributed by atoms with Crippen molar-refractivity contribution in [2.75, 3.05) is 0 Å². The predicted molar refractivity (Wildman–Crippen MR) is 43.6 cm³/mol. The monoisotopic (exact) mass is 168 g/mol. The average molecular weight is 168 g/mol. The van der Waals surface area contributed by atoms with Gasteiger partial charge >= 0.3 is 0 Å². The molecule has 0 aliphatic rings.